The highest BCUT2D eigenvalue weighted by atomic mass is 16.5. The van der Waals surface area contributed by atoms with Crippen molar-refractivity contribution in [3.05, 3.63) is 101 Å². The van der Waals surface area contributed by atoms with Crippen LogP contribution >= 0.6 is 0 Å². The van der Waals surface area contributed by atoms with Crippen LogP contribution in [-0.4, -0.2) is 18.8 Å². The average Bonchev–Trinajstić information content (AvgIpc) is 3.01. The molecule has 0 aromatic heterocycles. The Morgan fingerprint density at radius 1 is 0.893 bits per heavy atom. The molecule has 1 amide bonds. The monoisotopic (exact) mass is 369 g/mol. The largest absolute Gasteiger partial charge is 0.497 e. The number of rotatable bonds is 4. The third-order valence-electron chi connectivity index (χ3n) is 4.81. The summed E-state index contributed by atoms with van der Waals surface area (Å²) in [5.74, 6) is 0.388. The van der Waals surface area contributed by atoms with E-state index in [1.807, 2.05) is 49.4 Å². The first-order chi connectivity index (χ1) is 13.6. The van der Waals surface area contributed by atoms with E-state index in [0.29, 0.717) is 22.6 Å². The van der Waals surface area contributed by atoms with Gasteiger partial charge < -0.3 is 4.74 Å². The molecule has 0 N–H and O–H groups in total. The number of nitrogens with zero attached hydrogens (tertiary/aromatic N) is 1. The molecule has 0 atom stereocenters. The minimum atomic E-state index is -0.167. The number of amides is 1. The summed E-state index contributed by atoms with van der Waals surface area (Å²) in [4.78, 5) is 27.5. The molecule has 3 aromatic carbocycles. The number of aryl methyl sites for hydroxylation is 1. The van der Waals surface area contributed by atoms with Crippen molar-refractivity contribution in [3.63, 3.8) is 0 Å². The number of ether oxygens (including phenoxy) is 1. The fourth-order valence-electron chi connectivity index (χ4n) is 3.30. The number of hydrogen-bond acceptors (Lipinski definition) is 3. The lowest BCUT2D eigenvalue weighted by Crippen LogP contribution is -2.22. The summed E-state index contributed by atoms with van der Waals surface area (Å²) in [6, 6.07) is 22.0. The summed E-state index contributed by atoms with van der Waals surface area (Å²) < 4.78 is 5.15. The summed E-state index contributed by atoms with van der Waals surface area (Å²) >= 11 is 0. The predicted octanol–water partition coefficient (Wildman–Crippen LogP) is 4.89. The molecule has 0 saturated heterocycles. The maximum absolute atomic E-state index is 13.1. The Kier molecular flexibility index (Phi) is 4.53. The van der Waals surface area contributed by atoms with Gasteiger partial charge in [-0.1, -0.05) is 35.9 Å². The van der Waals surface area contributed by atoms with Crippen LogP contribution in [0.5, 0.6) is 5.75 Å². The van der Waals surface area contributed by atoms with Gasteiger partial charge in [-0.15, -0.1) is 0 Å². The van der Waals surface area contributed by atoms with E-state index in [0.717, 1.165) is 16.8 Å². The lowest BCUT2D eigenvalue weighted by molar-refractivity contribution is 0.101. The van der Waals surface area contributed by atoms with Gasteiger partial charge in [-0.3, -0.25) is 14.5 Å². The molecule has 28 heavy (non-hydrogen) atoms. The number of allylic oxidation sites excluding steroid dienone is 1. The zero-order valence-corrected chi connectivity index (χ0v) is 15.7. The molecule has 0 bridgehead atoms. The summed E-state index contributed by atoms with van der Waals surface area (Å²) in [5, 5.41) is 0. The molecule has 4 rings (SSSR count). The Labute approximate surface area is 163 Å². The maximum atomic E-state index is 13.1. The molecule has 0 spiro atoms. The van der Waals surface area contributed by atoms with Gasteiger partial charge in [0.15, 0.2) is 5.78 Å². The van der Waals surface area contributed by atoms with E-state index in [-0.39, 0.29) is 11.7 Å². The normalized spacial score (nSPS) is 14.3. The van der Waals surface area contributed by atoms with E-state index < -0.39 is 0 Å². The number of carbonyl (C=O) groups is 2. The molecule has 4 nitrogen and oxygen atoms in total. The van der Waals surface area contributed by atoms with E-state index in [4.69, 9.17) is 4.74 Å². The van der Waals surface area contributed by atoms with Crippen LogP contribution in [0.25, 0.3) is 5.70 Å². The quantitative estimate of drug-likeness (QED) is 0.486. The Morgan fingerprint density at radius 2 is 1.54 bits per heavy atom. The van der Waals surface area contributed by atoms with Gasteiger partial charge >= 0.3 is 0 Å². The molecule has 0 fully saturated rings. The van der Waals surface area contributed by atoms with Crippen LogP contribution in [0.3, 0.4) is 0 Å². The van der Waals surface area contributed by atoms with Crippen molar-refractivity contribution in [3.8, 4) is 5.75 Å². The van der Waals surface area contributed by atoms with Crippen LogP contribution < -0.4 is 9.64 Å². The molecule has 0 saturated carbocycles. The van der Waals surface area contributed by atoms with Gasteiger partial charge in [0.1, 0.15) is 5.75 Å². The number of carbonyl (C=O) groups excluding carboxylic acids is 2. The van der Waals surface area contributed by atoms with Crippen LogP contribution in [0.4, 0.5) is 5.69 Å². The summed E-state index contributed by atoms with van der Waals surface area (Å²) in [6.45, 7) is 1.99. The van der Waals surface area contributed by atoms with Crippen LogP contribution in [0.2, 0.25) is 0 Å². The number of fused-ring (bicyclic) bond motifs is 1. The van der Waals surface area contributed by atoms with Crippen LogP contribution in [0.1, 0.15) is 31.8 Å². The van der Waals surface area contributed by atoms with E-state index in [1.54, 1.807) is 42.3 Å². The molecule has 1 aliphatic rings. The van der Waals surface area contributed by atoms with Gasteiger partial charge in [-0.25, -0.2) is 0 Å². The van der Waals surface area contributed by atoms with Crippen molar-refractivity contribution in [1.29, 1.82) is 0 Å². The van der Waals surface area contributed by atoms with E-state index >= 15 is 0 Å². The molecule has 1 aliphatic heterocycles. The van der Waals surface area contributed by atoms with E-state index in [1.165, 1.54) is 6.08 Å². The minimum absolute atomic E-state index is 0.131. The van der Waals surface area contributed by atoms with Gasteiger partial charge in [0, 0.05) is 28.5 Å². The summed E-state index contributed by atoms with van der Waals surface area (Å²) in [7, 11) is 1.58. The second-order valence-corrected chi connectivity index (χ2v) is 6.64. The standard InChI is InChI=1S/C24H19NO3/c1-16-7-11-18(12-8-16)25-22(20-5-3-4-6-21(20)24(25)27)15-23(26)17-9-13-19(28-2)14-10-17/h3-15H,1-2H3/b22-15+. The second kappa shape index (κ2) is 7.16. The lowest BCUT2D eigenvalue weighted by Gasteiger charge is -2.18. The highest BCUT2D eigenvalue weighted by Gasteiger charge is 2.33. The van der Waals surface area contributed by atoms with Crippen LogP contribution in [-0.2, 0) is 0 Å². The molecule has 0 radical (unpaired) electrons. The van der Waals surface area contributed by atoms with Gasteiger partial charge in [0.25, 0.3) is 5.91 Å². The molecule has 3 aromatic rings. The van der Waals surface area contributed by atoms with Crippen LogP contribution in [0.15, 0.2) is 78.9 Å². The van der Waals surface area contributed by atoms with Crippen LogP contribution in [0, 0.1) is 6.92 Å². The van der Waals surface area contributed by atoms with Crippen molar-refractivity contribution in [1.82, 2.24) is 0 Å². The van der Waals surface area contributed by atoms with Crippen molar-refractivity contribution in [2.75, 3.05) is 12.0 Å². The van der Waals surface area contributed by atoms with E-state index in [9.17, 15) is 9.59 Å². The van der Waals surface area contributed by atoms with Gasteiger partial charge in [-0.05, 0) is 49.4 Å². The molecule has 1 heterocycles. The minimum Gasteiger partial charge on any atom is -0.497 e. The molecular weight excluding hydrogens is 350 g/mol. The number of methoxy groups -OCH3 is 1. The highest BCUT2D eigenvalue weighted by molar-refractivity contribution is 6.25. The number of ketones is 1. The first-order valence-corrected chi connectivity index (χ1v) is 8.99. The number of hydrogen-bond donors (Lipinski definition) is 0. The van der Waals surface area contributed by atoms with Crippen molar-refractivity contribution in [2.45, 2.75) is 6.92 Å². The van der Waals surface area contributed by atoms with Crippen molar-refractivity contribution < 1.29 is 14.3 Å². The first kappa shape index (κ1) is 17.7. The molecule has 138 valence electrons. The number of anilines is 1. The zero-order valence-electron chi connectivity index (χ0n) is 15.7. The maximum Gasteiger partial charge on any atom is 0.263 e. The summed E-state index contributed by atoms with van der Waals surface area (Å²) in [6.07, 6.45) is 1.53. The fraction of sp³-hybridized carbons (Fsp3) is 0.0833. The fourth-order valence-corrected chi connectivity index (χ4v) is 3.30. The number of benzene rings is 3. The summed E-state index contributed by atoms with van der Waals surface area (Å²) in [5.41, 5.74) is 4.32. The Bertz CT molecular complexity index is 1080. The first-order valence-electron chi connectivity index (χ1n) is 8.99. The average molecular weight is 369 g/mol. The van der Waals surface area contributed by atoms with Gasteiger partial charge in [-0.2, -0.15) is 0 Å². The van der Waals surface area contributed by atoms with Crippen molar-refractivity contribution in [2.24, 2.45) is 0 Å². The van der Waals surface area contributed by atoms with Gasteiger partial charge in [0.2, 0.25) is 0 Å². The Morgan fingerprint density at radius 3 is 2.18 bits per heavy atom. The Balaban J connectivity index is 1.80. The Hall–Kier alpha value is -3.66. The van der Waals surface area contributed by atoms with Gasteiger partial charge in [0.05, 0.1) is 12.8 Å². The third kappa shape index (κ3) is 3.09. The lowest BCUT2D eigenvalue weighted by atomic mass is 10.0. The highest BCUT2D eigenvalue weighted by Crippen LogP contribution is 2.37. The molecule has 0 aliphatic carbocycles. The van der Waals surface area contributed by atoms with Crippen molar-refractivity contribution >= 4 is 23.1 Å². The topological polar surface area (TPSA) is 46.6 Å². The molecule has 0 unspecified atom stereocenters. The molecular formula is C24H19NO3. The molecule has 4 heteroatoms. The zero-order chi connectivity index (χ0) is 19.7. The predicted molar refractivity (Wildman–Crippen MR) is 110 cm³/mol. The smallest absolute Gasteiger partial charge is 0.263 e. The second-order valence-electron chi connectivity index (χ2n) is 6.64. The third-order valence-corrected chi connectivity index (χ3v) is 4.81. The van der Waals surface area contributed by atoms with E-state index in [2.05, 4.69) is 0 Å². The SMILES string of the molecule is COc1ccc(C(=O)/C=C2\c3ccccc3C(=O)N2c2ccc(C)cc2)cc1.